The fourth-order valence-corrected chi connectivity index (χ4v) is 3.66. The van der Waals surface area contributed by atoms with Crippen LogP contribution in [-0.2, 0) is 15.1 Å². The third kappa shape index (κ3) is 4.03. The van der Waals surface area contributed by atoms with Crippen LogP contribution in [0.15, 0.2) is 53.0 Å². The molecule has 1 N–H and O–H groups in total. The highest BCUT2D eigenvalue weighted by Gasteiger charge is 2.49. The molecule has 1 saturated heterocycles. The standard InChI is InChI=1S/C21H21BrFN3O3/c1-13(14-7-9-17(23)10-8-14)25(3)18(27)12-26-19(28)21(2,24-20(26)29)15-5-4-6-16(22)11-15/h4-11,13H,12H2,1-3H3,(H,24,29). The number of carbonyl (C=O) groups excluding carboxylic acids is 3. The lowest BCUT2D eigenvalue weighted by atomic mass is 9.92. The Morgan fingerprint density at radius 2 is 1.90 bits per heavy atom. The summed E-state index contributed by atoms with van der Waals surface area (Å²) in [6, 6.07) is 12.0. The van der Waals surface area contributed by atoms with E-state index in [1.54, 1.807) is 51.2 Å². The van der Waals surface area contributed by atoms with Crippen LogP contribution in [0.2, 0.25) is 0 Å². The number of rotatable bonds is 5. The van der Waals surface area contributed by atoms with E-state index in [1.807, 2.05) is 6.07 Å². The van der Waals surface area contributed by atoms with Gasteiger partial charge in [0.2, 0.25) is 5.91 Å². The predicted octanol–water partition coefficient (Wildman–Crippen LogP) is 3.57. The Balaban J connectivity index is 1.75. The van der Waals surface area contributed by atoms with Crippen molar-refractivity contribution in [2.24, 2.45) is 0 Å². The van der Waals surface area contributed by atoms with Crippen LogP contribution < -0.4 is 5.32 Å². The first-order chi connectivity index (χ1) is 13.6. The molecular weight excluding hydrogens is 441 g/mol. The molecule has 6 nitrogen and oxygen atoms in total. The summed E-state index contributed by atoms with van der Waals surface area (Å²) >= 11 is 3.36. The van der Waals surface area contributed by atoms with Crippen molar-refractivity contribution in [3.63, 3.8) is 0 Å². The van der Waals surface area contributed by atoms with Gasteiger partial charge in [0.15, 0.2) is 0 Å². The second-order valence-corrected chi connectivity index (χ2v) is 8.10. The molecule has 1 fully saturated rings. The number of carbonyl (C=O) groups is 3. The summed E-state index contributed by atoms with van der Waals surface area (Å²) in [7, 11) is 1.59. The first-order valence-electron chi connectivity index (χ1n) is 9.05. The summed E-state index contributed by atoms with van der Waals surface area (Å²) in [4.78, 5) is 40.6. The Hall–Kier alpha value is -2.74. The maximum absolute atomic E-state index is 13.1. The molecule has 0 aliphatic carbocycles. The van der Waals surface area contributed by atoms with Crippen LogP contribution in [0.3, 0.4) is 0 Å². The van der Waals surface area contributed by atoms with E-state index in [1.165, 1.54) is 17.0 Å². The Kier molecular flexibility index (Phi) is 5.75. The van der Waals surface area contributed by atoms with E-state index in [9.17, 15) is 18.8 Å². The number of hydrogen-bond donors (Lipinski definition) is 1. The quantitative estimate of drug-likeness (QED) is 0.691. The molecule has 2 atom stereocenters. The fourth-order valence-electron chi connectivity index (χ4n) is 3.26. The van der Waals surface area contributed by atoms with Gasteiger partial charge in [-0.3, -0.25) is 14.5 Å². The SMILES string of the molecule is CC(c1ccc(F)cc1)N(C)C(=O)CN1C(=O)NC(C)(c2cccc(Br)c2)C1=O. The van der Waals surface area contributed by atoms with Crippen molar-refractivity contribution < 1.29 is 18.8 Å². The molecule has 0 aromatic heterocycles. The molecule has 1 heterocycles. The fraction of sp³-hybridized carbons (Fsp3) is 0.286. The minimum atomic E-state index is -1.25. The Morgan fingerprint density at radius 1 is 1.24 bits per heavy atom. The highest BCUT2D eigenvalue weighted by molar-refractivity contribution is 9.10. The number of urea groups is 1. The summed E-state index contributed by atoms with van der Waals surface area (Å²) in [5.41, 5.74) is 0.120. The van der Waals surface area contributed by atoms with Crippen molar-refractivity contribution in [3.8, 4) is 0 Å². The van der Waals surface area contributed by atoms with Gasteiger partial charge in [-0.1, -0.05) is 40.2 Å². The maximum Gasteiger partial charge on any atom is 0.325 e. The van der Waals surface area contributed by atoms with E-state index < -0.39 is 23.4 Å². The molecule has 29 heavy (non-hydrogen) atoms. The van der Waals surface area contributed by atoms with Gasteiger partial charge in [0.1, 0.15) is 17.9 Å². The van der Waals surface area contributed by atoms with Gasteiger partial charge in [-0.05, 0) is 49.2 Å². The highest BCUT2D eigenvalue weighted by atomic mass is 79.9. The molecule has 152 valence electrons. The van der Waals surface area contributed by atoms with Crippen LogP contribution in [0.25, 0.3) is 0 Å². The van der Waals surface area contributed by atoms with Gasteiger partial charge in [0.25, 0.3) is 5.91 Å². The van der Waals surface area contributed by atoms with Crippen molar-refractivity contribution in [1.82, 2.24) is 15.1 Å². The molecule has 2 aromatic carbocycles. The van der Waals surface area contributed by atoms with Crippen molar-refractivity contribution in [2.75, 3.05) is 13.6 Å². The zero-order valence-electron chi connectivity index (χ0n) is 16.3. The van der Waals surface area contributed by atoms with Crippen LogP contribution in [0.1, 0.15) is 31.0 Å². The molecular formula is C21H21BrFN3O3. The van der Waals surface area contributed by atoms with Crippen LogP contribution >= 0.6 is 15.9 Å². The third-order valence-corrected chi connectivity index (χ3v) is 5.79. The average molecular weight is 462 g/mol. The second kappa shape index (κ2) is 7.94. The lowest BCUT2D eigenvalue weighted by Gasteiger charge is -2.27. The van der Waals surface area contributed by atoms with Crippen LogP contribution in [-0.4, -0.2) is 41.2 Å². The molecule has 0 spiro atoms. The molecule has 4 amide bonds. The minimum Gasteiger partial charge on any atom is -0.337 e. The zero-order valence-corrected chi connectivity index (χ0v) is 17.9. The van der Waals surface area contributed by atoms with Crippen molar-refractivity contribution >= 4 is 33.8 Å². The van der Waals surface area contributed by atoms with E-state index in [-0.39, 0.29) is 18.4 Å². The van der Waals surface area contributed by atoms with Crippen LogP contribution in [0.4, 0.5) is 9.18 Å². The molecule has 2 unspecified atom stereocenters. The van der Waals surface area contributed by atoms with Gasteiger partial charge in [-0.15, -0.1) is 0 Å². The highest BCUT2D eigenvalue weighted by Crippen LogP contribution is 2.30. The molecule has 1 aliphatic rings. The maximum atomic E-state index is 13.1. The number of halogens is 2. The van der Waals surface area contributed by atoms with E-state index in [4.69, 9.17) is 0 Å². The number of imide groups is 1. The Labute approximate surface area is 176 Å². The van der Waals surface area contributed by atoms with Crippen molar-refractivity contribution in [1.29, 1.82) is 0 Å². The van der Waals surface area contributed by atoms with Gasteiger partial charge in [-0.25, -0.2) is 9.18 Å². The van der Waals surface area contributed by atoms with Gasteiger partial charge in [0, 0.05) is 11.5 Å². The molecule has 0 bridgehead atoms. The van der Waals surface area contributed by atoms with E-state index in [0.717, 1.165) is 14.9 Å². The zero-order chi connectivity index (χ0) is 21.3. The molecule has 1 aliphatic heterocycles. The lowest BCUT2D eigenvalue weighted by molar-refractivity contribution is -0.139. The number of benzene rings is 2. The topological polar surface area (TPSA) is 69.7 Å². The normalized spacial score (nSPS) is 19.8. The van der Waals surface area contributed by atoms with Crippen molar-refractivity contribution in [2.45, 2.75) is 25.4 Å². The minimum absolute atomic E-state index is 0.347. The Bertz CT molecular complexity index is 966. The molecule has 2 aromatic rings. The summed E-state index contributed by atoms with van der Waals surface area (Å²) < 4.78 is 13.9. The number of amides is 4. The number of likely N-dealkylation sites (N-methyl/N-ethyl adjacent to an activating group) is 1. The second-order valence-electron chi connectivity index (χ2n) is 7.19. The largest absolute Gasteiger partial charge is 0.337 e. The van der Waals surface area contributed by atoms with E-state index >= 15 is 0 Å². The number of hydrogen-bond acceptors (Lipinski definition) is 3. The lowest BCUT2D eigenvalue weighted by Crippen LogP contribution is -2.44. The predicted molar refractivity (Wildman–Crippen MR) is 109 cm³/mol. The van der Waals surface area contributed by atoms with Gasteiger partial charge in [-0.2, -0.15) is 0 Å². The van der Waals surface area contributed by atoms with Crippen LogP contribution in [0, 0.1) is 5.82 Å². The van der Waals surface area contributed by atoms with E-state index in [2.05, 4.69) is 21.2 Å². The van der Waals surface area contributed by atoms with Crippen molar-refractivity contribution in [3.05, 3.63) is 69.9 Å². The van der Waals surface area contributed by atoms with Gasteiger partial charge < -0.3 is 10.2 Å². The van der Waals surface area contributed by atoms with E-state index in [0.29, 0.717) is 5.56 Å². The summed E-state index contributed by atoms with van der Waals surface area (Å²) in [5, 5.41) is 2.69. The Morgan fingerprint density at radius 3 is 2.52 bits per heavy atom. The van der Waals surface area contributed by atoms with Crippen LogP contribution in [0.5, 0.6) is 0 Å². The smallest absolute Gasteiger partial charge is 0.325 e. The first kappa shape index (κ1) is 21.0. The molecule has 0 radical (unpaired) electrons. The van der Waals surface area contributed by atoms with Gasteiger partial charge >= 0.3 is 6.03 Å². The monoisotopic (exact) mass is 461 g/mol. The number of nitrogens with one attached hydrogen (secondary N) is 1. The summed E-state index contributed by atoms with van der Waals surface area (Å²) in [6.45, 7) is 3.03. The average Bonchev–Trinajstić information content (AvgIpc) is 2.91. The van der Waals surface area contributed by atoms with Gasteiger partial charge in [0.05, 0.1) is 6.04 Å². The molecule has 8 heteroatoms. The number of nitrogens with zero attached hydrogens (tertiary/aromatic N) is 2. The summed E-state index contributed by atoms with van der Waals surface area (Å²) in [6.07, 6.45) is 0. The molecule has 3 rings (SSSR count). The molecule has 0 saturated carbocycles. The summed E-state index contributed by atoms with van der Waals surface area (Å²) in [5.74, 6) is -1.25. The third-order valence-electron chi connectivity index (χ3n) is 5.30. The first-order valence-corrected chi connectivity index (χ1v) is 9.84.